The number of fused-ring (bicyclic) bond motifs is 1. The number of halogens is 3. The monoisotopic (exact) mass is 508 g/mol. The Morgan fingerprint density at radius 3 is 2.60 bits per heavy atom. The summed E-state index contributed by atoms with van der Waals surface area (Å²) in [4.78, 5) is 19.7. The van der Waals surface area contributed by atoms with Crippen LogP contribution in [0.2, 0.25) is 5.02 Å². The summed E-state index contributed by atoms with van der Waals surface area (Å²) in [6, 6.07) is 18.1. The third-order valence-electron chi connectivity index (χ3n) is 5.60. The molecule has 0 fully saturated rings. The topological polar surface area (TPSA) is 44.1 Å². The van der Waals surface area contributed by atoms with E-state index in [4.69, 9.17) is 16.3 Å². The van der Waals surface area contributed by atoms with Crippen LogP contribution in [0.5, 0.6) is 5.88 Å². The maximum Gasteiger partial charge on any atom is 0.260 e. The molecule has 176 valence electrons. The zero-order valence-electron chi connectivity index (χ0n) is 18.6. The maximum atomic E-state index is 14.5. The van der Waals surface area contributed by atoms with Crippen LogP contribution in [0.15, 0.2) is 77.7 Å². The van der Waals surface area contributed by atoms with Gasteiger partial charge in [-0.3, -0.25) is 4.79 Å². The standard InChI is InChI=1S/C27H19ClF2N2O2S/c1-2-34-25-11-7-17(14-31-25)23-9-10-24(35-23)22-12-16-4-3-5-20(28)26(16)27(33)32(22)15-18-6-8-19(29)13-21(18)30/h3-14H,2,15H2,1H3. The molecule has 2 aromatic carbocycles. The smallest absolute Gasteiger partial charge is 0.260 e. The Labute approximate surface area is 209 Å². The van der Waals surface area contributed by atoms with Gasteiger partial charge in [0.25, 0.3) is 5.56 Å². The van der Waals surface area contributed by atoms with Gasteiger partial charge in [-0.1, -0.05) is 29.8 Å². The van der Waals surface area contributed by atoms with Crippen LogP contribution in [-0.2, 0) is 6.54 Å². The molecule has 0 atom stereocenters. The number of aromatic nitrogens is 2. The van der Waals surface area contributed by atoms with Crippen molar-refractivity contribution in [2.45, 2.75) is 13.5 Å². The van der Waals surface area contributed by atoms with Gasteiger partial charge in [-0.15, -0.1) is 11.3 Å². The van der Waals surface area contributed by atoms with Crippen LogP contribution in [-0.4, -0.2) is 16.2 Å². The van der Waals surface area contributed by atoms with Crippen molar-refractivity contribution in [2.24, 2.45) is 0 Å². The fourth-order valence-electron chi connectivity index (χ4n) is 3.93. The lowest BCUT2D eigenvalue weighted by atomic mass is 10.1. The summed E-state index contributed by atoms with van der Waals surface area (Å²) < 4.78 is 34.9. The van der Waals surface area contributed by atoms with E-state index in [1.807, 2.05) is 43.3 Å². The van der Waals surface area contributed by atoms with E-state index in [-0.39, 0.29) is 17.7 Å². The third kappa shape index (κ3) is 4.57. The van der Waals surface area contributed by atoms with Crippen molar-refractivity contribution >= 4 is 33.7 Å². The van der Waals surface area contributed by atoms with Crippen LogP contribution in [0, 0.1) is 11.6 Å². The SMILES string of the molecule is CCOc1ccc(-c2ccc(-c3cc4cccc(Cl)c4c(=O)n3Cc3ccc(F)cc3F)s2)cn1. The highest BCUT2D eigenvalue weighted by Crippen LogP contribution is 2.36. The highest BCUT2D eigenvalue weighted by atomic mass is 35.5. The minimum absolute atomic E-state index is 0.0702. The molecule has 35 heavy (non-hydrogen) atoms. The minimum atomic E-state index is -0.713. The first-order chi connectivity index (χ1) is 16.9. The van der Waals surface area contributed by atoms with Crippen molar-refractivity contribution < 1.29 is 13.5 Å². The van der Waals surface area contributed by atoms with E-state index in [2.05, 4.69) is 4.98 Å². The van der Waals surface area contributed by atoms with Crippen molar-refractivity contribution in [1.82, 2.24) is 9.55 Å². The van der Waals surface area contributed by atoms with Crippen LogP contribution in [0.4, 0.5) is 8.78 Å². The molecule has 0 spiro atoms. The first-order valence-corrected chi connectivity index (χ1v) is 12.1. The summed E-state index contributed by atoms with van der Waals surface area (Å²) in [7, 11) is 0. The molecule has 0 saturated carbocycles. The minimum Gasteiger partial charge on any atom is -0.478 e. The van der Waals surface area contributed by atoms with Crippen LogP contribution in [0.3, 0.4) is 0 Å². The van der Waals surface area contributed by atoms with Gasteiger partial charge in [0.05, 0.1) is 34.1 Å². The molecule has 0 N–H and O–H groups in total. The molecule has 5 aromatic rings. The van der Waals surface area contributed by atoms with Gasteiger partial charge in [0, 0.05) is 34.3 Å². The van der Waals surface area contributed by atoms with Gasteiger partial charge in [0.15, 0.2) is 0 Å². The number of pyridine rings is 2. The molecule has 3 aromatic heterocycles. The zero-order valence-corrected chi connectivity index (χ0v) is 20.2. The largest absolute Gasteiger partial charge is 0.478 e. The Bertz CT molecular complexity index is 1600. The molecule has 0 amide bonds. The second-order valence-corrected chi connectivity index (χ2v) is 9.33. The van der Waals surface area contributed by atoms with Crippen LogP contribution >= 0.6 is 22.9 Å². The van der Waals surface area contributed by atoms with Crippen molar-refractivity contribution in [2.75, 3.05) is 6.61 Å². The highest BCUT2D eigenvalue weighted by Gasteiger charge is 2.17. The second-order valence-electron chi connectivity index (χ2n) is 7.84. The molecule has 3 heterocycles. The number of nitrogens with zero attached hydrogens (tertiary/aromatic N) is 2. The lowest BCUT2D eigenvalue weighted by Gasteiger charge is -2.15. The Morgan fingerprint density at radius 2 is 1.86 bits per heavy atom. The molecule has 8 heteroatoms. The first kappa shape index (κ1) is 23.2. The molecular formula is C27H19ClF2N2O2S. The quantitative estimate of drug-likeness (QED) is 0.244. The van der Waals surface area contributed by atoms with E-state index in [0.29, 0.717) is 34.0 Å². The van der Waals surface area contributed by atoms with Gasteiger partial charge in [-0.2, -0.15) is 0 Å². The number of benzene rings is 2. The second kappa shape index (κ2) is 9.60. The average Bonchev–Trinajstić information content (AvgIpc) is 3.33. The summed E-state index contributed by atoms with van der Waals surface area (Å²) >= 11 is 7.84. The summed E-state index contributed by atoms with van der Waals surface area (Å²) in [5.74, 6) is -0.837. The summed E-state index contributed by atoms with van der Waals surface area (Å²) in [5.41, 5.74) is 1.38. The predicted molar refractivity (Wildman–Crippen MR) is 136 cm³/mol. The van der Waals surface area contributed by atoms with Gasteiger partial charge in [0.2, 0.25) is 5.88 Å². The molecule has 4 nitrogen and oxygen atoms in total. The maximum absolute atomic E-state index is 14.5. The number of hydrogen-bond acceptors (Lipinski definition) is 4. The van der Waals surface area contributed by atoms with Crippen molar-refractivity contribution in [3.05, 3.63) is 106 Å². The average molecular weight is 509 g/mol. The summed E-state index contributed by atoms with van der Waals surface area (Å²) in [6.07, 6.45) is 1.74. The van der Waals surface area contributed by atoms with Crippen LogP contribution in [0.1, 0.15) is 12.5 Å². The van der Waals surface area contributed by atoms with E-state index < -0.39 is 11.6 Å². The molecule has 0 bridgehead atoms. The van der Waals surface area contributed by atoms with Gasteiger partial charge in [-0.25, -0.2) is 13.8 Å². The Hall–Kier alpha value is -3.55. The van der Waals surface area contributed by atoms with Crippen LogP contribution < -0.4 is 10.3 Å². The molecule has 0 aliphatic carbocycles. The number of ether oxygens (including phenoxy) is 1. The molecule has 5 rings (SSSR count). The predicted octanol–water partition coefficient (Wildman–Crippen LogP) is 7.17. The molecular weight excluding hydrogens is 490 g/mol. The third-order valence-corrected chi connectivity index (χ3v) is 7.07. The van der Waals surface area contributed by atoms with Gasteiger partial charge >= 0.3 is 0 Å². The van der Waals surface area contributed by atoms with E-state index >= 15 is 0 Å². The number of thiophene rings is 1. The van der Waals surface area contributed by atoms with Gasteiger partial charge < -0.3 is 9.30 Å². The molecule has 0 aliphatic rings. The van der Waals surface area contributed by atoms with Crippen molar-refractivity contribution in [1.29, 1.82) is 0 Å². The fourth-order valence-corrected chi connectivity index (χ4v) is 5.21. The molecule has 0 aliphatic heterocycles. The highest BCUT2D eigenvalue weighted by molar-refractivity contribution is 7.18. The zero-order chi connectivity index (χ0) is 24.5. The van der Waals surface area contributed by atoms with E-state index in [1.54, 1.807) is 18.3 Å². The summed E-state index contributed by atoms with van der Waals surface area (Å²) in [5, 5.41) is 1.36. The summed E-state index contributed by atoms with van der Waals surface area (Å²) in [6.45, 7) is 2.36. The molecule has 0 saturated heterocycles. The lowest BCUT2D eigenvalue weighted by Crippen LogP contribution is -2.23. The normalized spacial score (nSPS) is 11.2. The first-order valence-electron chi connectivity index (χ1n) is 10.9. The van der Waals surface area contributed by atoms with Gasteiger partial charge in [0.1, 0.15) is 11.6 Å². The lowest BCUT2D eigenvalue weighted by molar-refractivity contribution is 0.327. The van der Waals surface area contributed by atoms with E-state index in [0.717, 1.165) is 21.4 Å². The Balaban J connectivity index is 1.64. The van der Waals surface area contributed by atoms with Crippen LogP contribution in [0.25, 0.3) is 31.8 Å². The van der Waals surface area contributed by atoms with Crippen molar-refractivity contribution in [3.63, 3.8) is 0 Å². The van der Waals surface area contributed by atoms with Crippen molar-refractivity contribution in [3.8, 4) is 26.9 Å². The van der Waals surface area contributed by atoms with E-state index in [9.17, 15) is 13.6 Å². The Kier molecular flexibility index (Phi) is 6.36. The molecule has 0 unspecified atom stereocenters. The Morgan fingerprint density at radius 1 is 1.03 bits per heavy atom. The van der Waals surface area contributed by atoms with Gasteiger partial charge in [-0.05, 0) is 48.7 Å². The number of rotatable bonds is 6. The molecule has 0 radical (unpaired) electrons. The fraction of sp³-hybridized carbons (Fsp3) is 0.111. The van der Waals surface area contributed by atoms with E-state index in [1.165, 1.54) is 28.0 Å². The number of hydrogen-bond donors (Lipinski definition) is 0.